The fraction of sp³-hybridized carbons (Fsp3) is 0.571. The lowest BCUT2D eigenvalue weighted by Crippen LogP contribution is -2.49. The normalized spacial score (nSPS) is 18.4. The van der Waals surface area contributed by atoms with Gasteiger partial charge in [-0.1, -0.05) is 6.07 Å². The SMILES string of the molecule is COc1cccc(SCC(C)(CO)NC2CC2)c1. The molecule has 2 N–H and O–H groups in total. The van der Waals surface area contributed by atoms with Crippen LogP contribution < -0.4 is 10.1 Å². The fourth-order valence-electron chi connectivity index (χ4n) is 1.79. The van der Waals surface area contributed by atoms with Gasteiger partial charge < -0.3 is 15.2 Å². The summed E-state index contributed by atoms with van der Waals surface area (Å²) in [5, 5.41) is 13.1. The standard InChI is InChI=1S/C14H21NO2S/c1-14(9-16,15-11-6-7-11)10-18-13-5-3-4-12(8-13)17-2/h3-5,8,11,15-16H,6-7,9-10H2,1-2H3. The van der Waals surface area contributed by atoms with Gasteiger partial charge in [-0.25, -0.2) is 0 Å². The smallest absolute Gasteiger partial charge is 0.119 e. The molecule has 1 aromatic rings. The first-order valence-electron chi connectivity index (χ1n) is 6.31. The number of aliphatic hydroxyl groups is 1. The van der Waals surface area contributed by atoms with E-state index in [2.05, 4.69) is 18.3 Å². The number of hydrogen-bond acceptors (Lipinski definition) is 4. The average molecular weight is 267 g/mol. The Kier molecular flexibility index (Phi) is 4.54. The van der Waals surface area contributed by atoms with E-state index in [9.17, 15) is 5.11 Å². The zero-order valence-corrected chi connectivity index (χ0v) is 11.8. The first-order chi connectivity index (χ1) is 8.65. The largest absolute Gasteiger partial charge is 0.497 e. The van der Waals surface area contributed by atoms with Crippen molar-refractivity contribution in [3.8, 4) is 5.75 Å². The summed E-state index contributed by atoms with van der Waals surface area (Å²) in [7, 11) is 1.68. The van der Waals surface area contributed by atoms with Gasteiger partial charge in [0, 0.05) is 22.2 Å². The molecule has 0 heterocycles. The topological polar surface area (TPSA) is 41.5 Å². The minimum Gasteiger partial charge on any atom is -0.497 e. The maximum atomic E-state index is 9.54. The summed E-state index contributed by atoms with van der Waals surface area (Å²) < 4.78 is 5.21. The molecule has 0 spiro atoms. The van der Waals surface area contributed by atoms with Gasteiger partial charge in [-0.3, -0.25) is 0 Å². The first-order valence-corrected chi connectivity index (χ1v) is 7.29. The number of benzene rings is 1. The first kappa shape index (κ1) is 13.7. The number of methoxy groups -OCH3 is 1. The second kappa shape index (κ2) is 5.95. The monoisotopic (exact) mass is 267 g/mol. The molecule has 0 saturated heterocycles. The summed E-state index contributed by atoms with van der Waals surface area (Å²) in [4.78, 5) is 1.17. The van der Waals surface area contributed by atoms with Gasteiger partial charge >= 0.3 is 0 Å². The van der Waals surface area contributed by atoms with E-state index in [4.69, 9.17) is 4.74 Å². The molecular weight excluding hydrogens is 246 g/mol. The molecule has 0 aliphatic heterocycles. The third-order valence-corrected chi connectivity index (χ3v) is 4.45. The van der Waals surface area contributed by atoms with Crippen LogP contribution in [0.5, 0.6) is 5.75 Å². The van der Waals surface area contributed by atoms with Crippen LogP contribution in [-0.4, -0.2) is 36.2 Å². The van der Waals surface area contributed by atoms with Crippen molar-refractivity contribution in [2.24, 2.45) is 0 Å². The van der Waals surface area contributed by atoms with Crippen molar-refractivity contribution in [1.29, 1.82) is 0 Å². The zero-order valence-electron chi connectivity index (χ0n) is 11.0. The maximum absolute atomic E-state index is 9.54. The summed E-state index contributed by atoms with van der Waals surface area (Å²) in [6.07, 6.45) is 2.47. The van der Waals surface area contributed by atoms with E-state index in [0.29, 0.717) is 6.04 Å². The molecule has 0 amide bonds. The number of ether oxygens (including phenoxy) is 1. The molecule has 1 unspecified atom stereocenters. The molecule has 1 aliphatic carbocycles. The van der Waals surface area contributed by atoms with Crippen LogP contribution in [0.3, 0.4) is 0 Å². The highest BCUT2D eigenvalue weighted by Gasteiger charge is 2.31. The molecule has 3 nitrogen and oxygen atoms in total. The second-order valence-electron chi connectivity index (χ2n) is 5.11. The summed E-state index contributed by atoms with van der Waals surface area (Å²) in [6.45, 7) is 2.25. The molecule has 1 saturated carbocycles. The zero-order chi connectivity index (χ0) is 13.0. The van der Waals surface area contributed by atoms with Crippen molar-refractivity contribution < 1.29 is 9.84 Å². The predicted octanol–water partition coefficient (Wildman–Crippen LogP) is 2.29. The molecule has 1 aromatic carbocycles. The number of aliphatic hydroxyl groups excluding tert-OH is 1. The van der Waals surface area contributed by atoms with Crippen LogP contribution >= 0.6 is 11.8 Å². The van der Waals surface area contributed by atoms with Crippen molar-refractivity contribution in [2.75, 3.05) is 19.5 Å². The highest BCUT2D eigenvalue weighted by Crippen LogP contribution is 2.28. The van der Waals surface area contributed by atoms with Crippen LogP contribution in [0.15, 0.2) is 29.2 Å². The lowest BCUT2D eigenvalue weighted by Gasteiger charge is -2.28. The summed E-state index contributed by atoms with van der Waals surface area (Å²) in [5.74, 6) is 1.73. The molecule has 4 heteroatoms. The minimum absolute atomic E-state index is 0.167. The van der Waals surface area contributed by atoms with Gasteiger partial charge in [0.25, 0.3) is 0 Å². The van der Waals surface area contributed by atoms with Crippen LogP contribution in [0.2, 0.25) is 0 Å². The van der Waals surface area contributed by atoms with E-state index in [-0.39, 0.29) is 12.1 Å². The number of nitrogens with one attached hydrogen (secondary N) is 1. The molecule has 100 valence electrons. The highest BCUT2D eigenvalue weighted by molar-refractivity contribution is 7.99. The van der Waals surface area contributed by atoms with E-state index in [1.807, 2.05) is 18.2 Å². The lowest BCUT2D eigenvalue weighted by atomic mass is 10.1. The van der Waals surface area contributed by atoms with E-state index in [1.165, 1.54) is 17.7 Å². The Morgan fingerprint density at radius 3 is 2.89 bits per heavy atom. The molecule has 18 heavy (non-hydrogen) atoms. The Labute approximate surface area is 113 Å². The van der Waals surface area contributed by atoms with Crippen molar-refractivity contribution in [2.45, 2.75) is 36.2 Å². The quantitative estimate of drug-likeness (QED) is 0.744. The van der Waals surface area contributed by atoms with Gasteiger partial charge in [-0.15, -0.1) is 11.8 Å². The van der Waals surface area contributed by atoms with Crippen LogP contribution in [-0.2, 0) is 0 Å². The van der Waals surface area contributed by atoms with Gasteiger partial charge in [0.05, 0.1) is 13.7 Å². The van der Waals surface area contributed by atoms with E-state index in [0.717, 1.165) is 11.5 Å². The second-order valence-corrected chi connectivity index (χ2v) is 6.15. The van der Waals surface area contributed by atoms with Crippen LogP contribution in [0.1, 0.15) is 19.8 Å². The molecule has 0 radical (unpaired) electrons. The Morgan fingerprint density at radius 1 is 1.50 bits per heavy atom. The molecule has 1 atom stereocenters. The average Bonchev–Trinajstić information content (AvgIpc) is 3.20. The van der Waals surface area contributed by atoms with Crippen LogP contribution in [0.25, 0.3) is 0 Å². The van der Waals surface area contributed by atoms with Gasteiger partial charge in [-0.2, -0.15) is 0 Å². The number of rotatable bonds is 7. The van der Waals surface area contributed by atoms with Crippen molar-refractivity contribution in [3.63, 3.8) is 0 Å². The Hall–Kier alpha value is -0.710. The fourth-order valence-corrected chi connectivity index (χ4v) is 2.82. The van der Waals surface area contributed by atoms with Gasteiger partial charge in [-0.05, 0) is 38.0 Å². The minimum atomic E-state index is -0.199. The molecular formula is C14H21NO2S. The molecule has 0 aromatic heterocycles. The van der Waals surface area contributed by atoms with Gasteiger partial charge in [0.15, 0.2) is 0 Å². The molecule has 1 aliphatic rings. The third kappa shape index (κ3) is 3.90. The van der Waals surface area contributed by atoms with E-state index < -0.39 is 0 Å². The summed E-state index contributed by atoms with van der Waals surface area (Å²) >= 11 is 1.75. The molecule has 0 bridgehead atoms. The van der Waals surface area contributed by atoms with Crippen LogP contribution in [0.4, 0.5) is 0 Å². The third-order valence-electron chi connectivity index (χ3n) is 3.08. The Balaban J connectivity index is 1.91. The number of hydrogen-bond donors (Lipinski definition) is 2. The van der Waals surface area contributed by atoms with Gasteiger partial charge in [0.1, 0.15) is 5.75 Å². The summed E-state index contributed by atoms with van der Waals surface area (Å²) in [6, 6.07) is 8.64. The Morgan fingerprint density at radius 2 is 2.28 bits per heavy atom. The molecule has 1 fully saturated rings. The van der Waals surface area contributed by atoms with E-state index in [1.54, 1.807) is 18.9 Å². The van der Waals surface area contributed by atoms with Gasteiger partial charge in [0.2, 0.25) is 0 Å². The van der Waals surface area contributed by atoms with Crippen molar-refractivity contribution in [3.05, 3.63) is 24.3 Å². The van der Waals surface area contributed by atoms with E-state index >= 15 is 0 Å². The van der Waals surface area contributed by atoms with Crippen LogP contribution in [0, 0.1) is 0 Å². The van der Waals surface area contributed by atoms with Crippen molar-refractivity contribution >= 4 is 11.8 Å². The lowest BCUT2D eigenvalue weighted by molar-refractivity contribution is 0.190. The summed E-state index contributed by atoms with van der Waals surface area (Å²) in [5.41, 5.74) is -0.199. The highest BCUT2D eigenvalue weighted by atomic mass is 32.2. The predicted molar refractivity (Wildman–Crippen MR) is 75.4 cm³/mol. The Bertz CT molecular complexity index is 395. The molecule has 2 rings (SSSR count). The van der Waals surface area contributed by atoms with Crippen molar-refractivity contribution in [1.82, 2.24) is 5.32 Å². The maximum Gasteiger partial charge on any atom is 0.119 e. The number of thioether (sulfide) groups is 1.